The fourth-order valence-electron chi connectivity index (χ4n) is 2.07. The highest BCUT2D eigenvalue weighted by Crippen LogP contribution is 2.25. The summed E-state index contributed by atoms with van der Waals surface area (Å²) in [6, 6.07) is 9.83. The first-order valence-corrected chi connectivity index (χ1v) is 6.14. The fraction of sp³-hybridized carbons (Fsp3) is 0.200. The number of aromatic nitrogens is 1. The zero-order valence-electron chi connectivity index (χ0n) is 10.6. The Hall–Kier alpha value is -2.16. The molecule has 0 aliphatic rings. The van der Waals surface area contributed by atoms with Crippen molar-refractivity contribution in [1.82, 2.24) is 0 Å². The maximum absolute atomic E-state index is 7.50. The monoisotopic (exact) mass is 240 g/mol. The van der Waals surface area contributed by atoms with Crippen molar-refractivity contribution in [2.75, 3.05) is 5.73 Å². The Bertz CT molecular complexity index is 561. The Morgan fingerprint density at radius 1 is 1.28 bits per heavy atom. The van der Waals surface area contributed by atoms with E-state index in [-0.39, 0.29) is 0 Å². The second-order valence-corrected chi connectivity index (χ2v) is 4.28. The van der Waals surface area contributed by atoms with Crippen LogP contribution < -0.4 is 10.3 Å². The van der Waals surface area contributed by atoms with Gasteiger partial charge in [0, 0.05) is 35.5 Å². The van der Waals surface area contributed by atoms with Crippen LogP contribution in [0.15, 0.2) is 42.7 Å². The van der Waals surface area contributed by atoms with Crippen LogP contribution in [-0.2, 0) is 6.54 Å². The second-order valence-electron chi connectivity index (χ2n) is 4.28. The Balaban J connectivity index is 2.51. The van der Waals surface area contributed by atoms with Gasteiger partial charge in [-0.05, 0) is 17.7 Å². The highest BCUT2D eigenvalue weighted by Gasteiger charge is 2.09. The van der Waals surface area contributed by atoms with E-state index in [9.17, 15) is 0 Å². The van der Waals surface area contributed by atoms with E-state index in [1.54, 1.807) is 0 Å². The molecule has 1 aromatic carbocycles. The Labute approximate surface area is 107 Å². The van der Waals surface area contributed by atoms with E-state index in [0.717, 1.165) is 29.7 Å². The summed E-state index contributed by atoms with van der Waals surface area (Å²) in [5, 5.41) is 7.50. The lowest BCUT2D eigenvalue weighted by molar-refractivity contribution is -0.696. The number of hydrogen-bond acceptors (Lipinski definition) is 2. The van der Waals surface area contributed by atoms with Crippen molar-refractivity contribution in [1.29, 1.82) is 5.41 Å². The summed E-state index contributed by atoms with van der Waals surface area (Å²) in [5.74, 6) is 0. The van der Waals surface area contributed by atoms with E-state index in [2.05, 4.69) is 23.9 Å². The molecule has 2 rings (SSSR count). The molecule has 0 bridgehead atoms. The molecule has 0 saturated carbocycles. The lowest BCUT2D eigenvalue weighted by atomic mass is 10.0. The zero-order chi connectivity index (χ0) is 13.0. The van der Waals surface area contributed by atoms with Gasteiger partial charge < -0.3 is 11.1 Å². The number of nitrogens with one attached hydrogen (secondary N) is 1. The molecule has 18 heavy (non-hydrogen) atoms. The lowest BCUT2D eigenvalue weighted by Crippen LogP contribution is -2.32. The first-order chi connectivity index (χ1) is 8.76. The second kappa shape index (κ2) is 5.45. The SMILES string of the molecule is CCC[n+]1cccc(-c2cccc(N)c2C=N)c1. The van der Waals surface area contributed by atoms with Gasteiger partial charge in [0.2, 0.25) is 0 Å². The summed E-state index contributed by atoms with van der Waals surface area (Å²) in [6.07, 6.45) is 6.58. The topological polar surface area (TPSA) is 53.8 Å². The number of pyridine rings is 1. The Morgan fingerprint density at radius 2 is 2.11 bits per heavy atom. The van der Waals surface area contributed by atoms with Gasteiger partial charge >= 0.3 is 0 Å². The minimum absolute atomic E-state index is 0.647. The quantitative estimate of drug-likeness (QED) is 0.482. The summed E-state index contributed by atoms with van der Waals surface area (Å²) >= 11 is 0. The standard InChI is InChI=1S/C15H18N3/c1-2-8-18-9-4-5-12(11-18)13-6-3-7-15(17)14(13)10-16/h3-7,9-11,16H,2,8,17H2,1H3/q+1. The maximum Gasteiger partial charge on any atom is 0.176 e. The van der Waals surface area contributed by atoms with Crippen molar-refractivity contribution >= 4 is 11.9 Å². The van der Waals surface area contributed by atoms with Gasteiger partial charge in [0.15, 0.2) is 12.4 Å². The molecule has 1 aromatic heterocycles. The molecule has 3 nitrogen and oxygen atoms in total. The molecule has 0 aliphatic heterocycles. The largest absolute Gasteiger partial charge is 0.398 e. The first kappa shape index (κ1) is 12.3. The van der Waals surface area contributed by atoms with Gasteiger partial charge in [-0.2, -0.15) is 0 Å². The predicted molar refractivity (Wildman–Crippen MR) is 74.7 cm³/mol. The molecule has 2 aromatic rings. The predicted octanol–water partition coefficient (Wildman–Crippen LogP) is 2.63. The third kappa shape index (κ3) is 2.40. The van der Waals surface area contributed by atoms with E-state index in [1.807, 2.05) is 30.3 Å². The average Bonchev–Trinajstić information content (AvgIpc) is 2.39. The number of nitrogens with zero attached hydrogens (tertiary/aromatic N) is 1. The van der Waals surface area contributed by atoms with Gasteiger partial charge in [0.05, 0.1) is 0 Å². The van der Waals surface area contributed by atoms with Crippen LogP contribution in [0, 0.1) is 5.41 Å². The molecule has 92 valence electrons. The fourth-order valence-corrected chi connectivity index (χ4v) is 2.07. The zero-order valence-corrected chi connectivity index (χ0v) is 10.6. The Kier molecular flexibility index (Phi) is 3.72. The van der Waals surface area contributed by atoms with E-state index < -0.39 is 0 Å². The highest BCUT2D eigenvalue weighted by atomic mass is 14.9. The van der Waals surface area contributed by atoms with Crippen molar-refractivity contribution in [2.45, 2.75) is 19.9 Å². The number of hydrogen-bond donors (Lipinski definition) is 2. The van der Waals surface area contributed by atoms with Crippen LogP contribution in [0.3, 0.4) is 0 Å². The van der Waals surface area contributed by atoms with Gasteiger partial charge in [0.25, 0.3) is 0 Å². The van der Waals surface area contributed by atoms with Crippen LogP contribution in [0.4, 0.5) is 5.69 Å². The van der Waals surface area contributed by atoms with Crippen molar-refractivity contribution in [3.05, 3.63) is 48.3 Å². The summed E-state index contributed by atoms with van der Waals surface area (Å²) in [6.45, 7) is 3.15. The number of nitrogens with two attached hydrogens (primary N) is 1. The summed E-state index contributed by atoms with van der Waals surface area (Å²) < 4.78 is 2.16. The van der Waals surface area contributed by atoms with Crippen molar-refractivity contribution < 1.29 is 4.57 Å². The van der Waals surface area contributed by atoms with Crippen LogP contribution in [-0.4, -0.2) is 6.21 Å². The van der Waals surface area contributed by atoms with Crippen LogP contribution >= 0.6 is 0 Å². The maximum atomic E-state index is 7.50. The molecule has 0 unspecified atom stereocenters. The molecule has 1 heterocycles. The number of aryl methyl sites for hydroxylation is 1. The molecule has 3 heteroatoms. The molecule has 0 aliphatic carbocycles. The summed E-state index contributed by atoms with van der Waals surface area (Å²) in [7, 11) is 0. The van der Waals surface area contributed by atoms with Crippen molar-refractivity contribution in [2.24, 2.45) is 0 Å². The van der Waals surface area contributed by atoms with Crippen LogP contribution in [0.5, 0.6) is 0 Å². The molecule has 3 N–H and O–H groups in total. The summed E-state index contributed by atoms with van der Waals surface area (Å²) in [5.41, 5.74) is 9.44. The molecule has 0 atom stereocenters. The molecule has 0 spiro atoms. The van der Waals surface area contributed by atoms with E-state index in [4.69, 9.17) is 11.1 Å². The molecule has 0 amide bonds. The highest BCUT2D eigenvalue weighted by molar-refractivity contribution is 5.94. The number of rotatable bonds is 4. The Morgan fingerprint density at radius 3 is 2.83 bits per heavy atom. The van der Waals surface area contributed by atoms with Gasteiger partial charge in [-0.1, -0.05) is 19.1 Å². The molecular formula is C15H18N3+. The third-order valence-electron chi connectivity index (χ3n) is 2.94. The average molecular weight is 240 g/mol. The van der Waals surface area contributed by atoms with E-state index in [1.165, 1.54) is 6.21 Å². The summed E-state index contributed by atoms with van der Waals surface area (Å²) in [4.78, 5) is 0. The van der Waals surface area contributed by atoms with Gasteiger partial charge in [-0.3, -0.25) is 0 Å². The molecular weight excluding hydrogens is 222 g/mol. The van der Waals surface area contributed by atoms with Gasteiger partial charge in [-0.25, -0.2) is 4.57 Å². The van der Waals surface area contributed by atoms with Gasteiger partial charge in [-0.15, -0.1) is 0 Å². The number of benzene rings is 1. The van der Waals surface area contributed by atoms with E-state index >= 15 is 0 Å². The van der Waals surface area contributed by atoms with Crippen LogP contribution in [0.1, 0.15) is 18.9 Å². The van der Waals surface area contributed by atoms with Gasteiger partial charge in [0.1, 0.15) is 6.54 Å². The van der Waals surface area contributed by atoms with Crippen molar-refractivity contribution in [3.8, 4) is 11.1 Å². The minimum Gasteiger partial charge on any atom is -0.398 e. The molecule has 0 saturated heterocycles. The van der Waals surface area contributed by atoms with Crippen LogP contribution in [0.25, 0.3) is 11.1 Å². The molecule has 0 fully saturated rings. The van der Waals surface area contributed by atoms with Crippen molar-refractivity contribution in [3.63, 3.8) is 0 Å². The first-order valence-electron chi connectivity index (χ1n) is 6.14. The number of anilines is 1. The normalized spacial score (nSPS) is 10.3. The minimum atomic E-state index is 0.647. The smallest absolute Gasteiger partial charge is 0.176 e. The van der Waals surface area contributed by atoms with Crippen LogP contribution in [0.2, 0.25) is 0 Å². The molecule has 0 radical (unpaired) electrons. The third-order valence-corrected chi connectivity index (χ3v) is 2.94. The van der Waals surface area contributed by atoms with E-state index in [0.29, 0.717) is 5.69 Å². The number of nitrogen functional groups attached to an aromatic ring is 1. The lowest BCUT2D eigenvalue weighted by Gasteiger charge is -2.07.